The quantitative estimate of drug-likeness (QED) is 0.112. The molecule has 0 aliphatic carbocycles. The number of carbonyl (C=O) groups is 2. The maximum Gasteiger partial charge on any atom is 0.306 e. The van der Waals surface area contributed by atoms with E-state index in [1.807, 2.05) is 48.5 Å². The molecule has 5 aliphatic rings. The highest BCUT2D eigenvalue weighted by Gasteiger charge is 2.34. The first-order chi connectivity index (χ1) is 27.6. The van der Waals surface area contributed by atoms with E-state index < -0.39 is 0 Å². The van der Waals surface area contributed by atoms with Gasteiger partial charge >= 0.3 is 11.9 Å². The van der Waals surface area contributed by atoms with Crippen molar-refractivity contribution in [1.29, 1.82) is 0 Å². The van der Waals surface area contributed by atoms with Crippen molar-refractivity contribution >= 4 is 67.6 Å². The number of hydrogen-bond acceptors (Lipinski definition) is 8. The van der Waals surface area contributed by atoms with Gasteiger partial charge in [0.15, 0.2) is 11.5 Å². The second kappa shape index (κ2) is 15.5. The van der Waals surface area contributed by atoms with Gasteiger partial charge in [-0.15, -0.1) is 0 Å². The summed E-state index contributed by atoms with van der Waals surface area (Å²) >= 11 is 0. The van der Waals surface area contributed by atoms with Crippen molar-refractivity contribution < 1.29 is 28.5 Å². The molecule has 0 unspecified atom stereocenters. The summed E-state index contributed by atoms with van der Waals surface area (Å²) in [5, 5.41) is 4.58. The number of esters is 2. The minimum Gasteiger partial charge on any atom is -0.490 e. The molecule has 6 bridgehead atoms. The predicted octanol–water partition coefficient (Wildman–Crippen LogP) is 11.4. The minimum atomic E-state index is -0.285. The highest BCUT2D eigenvalue weighted by Crippen LogP contribution is 2.58. The normalized spacial score (nSPS) is 15.1. The van der Waals surface area contributed by atoms with Gasteiger partial charge < -0.3 is 28.7 Å². The summed E-state index contributed by atoms with van der Waals surface area (Å²) in [5.41, 5.74) is 7.97. The van der Waals surface area contributed by atoms with Crippen LogP contribution in [0.5, 0.6) is 11.5 Å². The fraction of sp³-hybridized carbons (Fsp3) is 0.167. The number of ether oxygens (including phenoxy) is 4. The van der Waals surface area contributed by atoms with Gasteiger partial charge in [-0.05, 0) is 83.3 Å². The molecule has 278 valence electrons. The van der Waals surface area contributed by atoms with E-state index >= 15 is 0 Å². The lowest BCUT2D eigenvalue weighted by atomic mass is 9.93. The molecule has 7 aromatic rings. The van der Waals surface area contributed by atoms with Gasteiger partial charge in [0.2, 0.25) is 0 Å². The lowest BCUT2D eigenvalue weighted by molar-refractivity contribution is -0.146. The molecule has 56 heavy (non-hydrogen) atoms. The summed E-state index contributed by atoms with van der Waals surface area (Å²) in [6.45, 7) is 1.01. The highest BCUT2D eigenvalue weighted by atomic mass is 16.5. The summed E-state index contributed by atoms with van der Waals surface area (Å²) in [5.74, 6) is 0.611. The van der Waals surface area contributed by atoms with Gasteiger partial charge in [-0.3, -0.25) is 9.59 Å². The van der Waals surface area contributed by atoms with Crippen molar-refractivity contribution in [2.75, 3.05) is 23.0 Å². The lowest BCUT2D eigenvalue weighted by Gasteiger charge is -2.42. The van der Waals surface area contributed by atoms with E-state index in [4.69, 9.17) is 18.9 Å². The van der Waals surface area contributed by atoms with Gasteiger partial charge in [-0.1, -0.05) is 97.1 Å². The van der Waals surface area contributed by atoms with Gasteiger partial charge in [0.25, 0.3) is 0 Å². The van der Waals surface area contributed by atoms with Crippen molar-refractivity contribution in [2.45, 2.75) is 38.9 Å². The van der Waals surface area contributed by atoms with Crippen molar-refractivity contribution in [1.82, 2.24) is 0 Å². The molecular formula is C48H40N2O6. The molecule has 7 aromatic carbocycles. The molecule has 12 rings (SSSR count). The molecular weight excluding hydrogens is 701 g/mol. The Kier molecular flexibility index (Phi) is 9.68. The van der Waals surface area contributed by atoms with Gasteiger partial charge in [0, 0.05) is 35.0 Å². The summed E-state index contributed by atoms with van der Waals surface area (Å²) in [6, 6.07) is 49.5. The summed E-state index contributed by atoms with van der Waals surface area (Å²) < 4.78 is 23.3. The largest absolute Gasteiger partial charge is 0.490 e. The maximum absolute atomic E-state index is 12.8. The number of hydrogen-bond donors (Lipinski definition) is 0. The van der Waals surface area contributed by atoms with Crippen LogP contribution in [-0.2, 0) is 32.3 Å². The summed E-state index contributed by atoms with van der Waals surface area (Å²) in [4.78, 5) is 30.2. The van der Waals surface area contributed by atoms with Crippen LogP contribution in [-0.4, -0.2) is 25.2 Å². The Morgan fingerprint density at radius 3 is 1.20 bits per heavy atom. The number of benzene rings is 7. The van der Waals surface area contributed by atoms with Crippen LogP contribution in [0.15, 0.2) is 146 Å². The second-order valence-corrected chi connectivity index (χ2v) is 14.0. The topological polar surface area (TPSA) is 77.5 Å². The van der Waals surface area contributed by atoms with Crippen LogP contribution in [0.2, 0.25) is 0 Å². The average molecular weight is 741 g/mol. The van der Waals surface area contributed by atoms with Crippen molar-refractivity contribution in [2.24, 2.45) is 0 Å². The van der Waals surface area contributed by atoms with Crippen LogP contribution in [0.3, 0.4) is 0 Å². The van der Waals surface area contributed by atoms with Crippen molar-refractivity contribution in [3.8, 4) is 11.5 Å². The number of anilines is 6. The molecule has 0 atom stereocenters. The molecule has 0 saturated carbocycles. The molecule has 0 aromatic heterocycles. The molecule has 0 amide bonds. The fourth-order valence-electron chi connectivity index (χ4n) is 7.62. The van der Waals surface area contributed by atoms with Crippen LogP contribution in [0.25, 0.3) is 21.5 Å². The number of carbonyl (C=O) groups excluding carboxylic acids is 2. The Bertz CT molecular complexity index is 2370. The van der Waals surface area contributed by atoms with Gasteiger partial charge in [0.1, 0.15) is 13.2 Å². The average Bonchev–Trinajstić information content (AvgIpc) is 3.25. The standard InChI is InChI=1S/C48H40N2O6/c51-45-19-9-29-53-43-17-7-8-18-44(43)54-30-10-20-46(52)56-32-34-23-27-36(28-24-34)50-42-16-6-5-15-41(42)49(35-25-21-33(22-26-35)31-55-45)47-39-13-3-1-11-37(39)38-12-2-4-14-40(38)48(47)50/h1-8,11-18,21-28H,9-10,19-20,29-32H2. The molecule has 8 nitrogen and oxygen atoms in total. The molecule has 8 heteroatoms. The number of para-hydroxylation sites is 4. The Labute approximate surface area is 325 Å². The Hall–Kier alpha value is -6.80. The predicted molar refractivity (Wildman–Crippen MR) is 220 cm³/mol. The van der Waals surface area contributed by atoms with Crippen LogP contribution in [0.4, 0.5) is 34.1 Å². The smallest absolute Gasteiger partial charge is 0.306 e. The summed E-state index contributed by atoms with van der Waals surface area (Å²) in [6.07, 6.45) is 1.44. The van der Waals surface area contributed by atoms with Crippen LogP contribution in [0.1, 0.15) is 36.8 Å². The summed E-state index contributed by atoms with van der Waals surface area (Å²) in [7, 11) is 0. The van der Waals surface area contributed by atoms with E-state index in [1.54, 1.807) is 0 Å². The van der Waals surface area contributed by atoms with E-state index in [0.29, 0.717) is 37.6 Å². The SMILES string of the molecule is O=C1CCCOc2ccccc2OCCCC(=O)OCc2ccc(cc2)N2c3ccccc3N(c3ccc(cc3)CO1)c1c2c2ccccc2c2ccccc12. The molecule has 5 aliphatic heterocycles. The zero-order valence-corrected chi connectivity index (χ0v) is 30.9. The van der Waals surface area contributed by atoms with Crippen LogP contribution < -0.4 is 19.3 Å². The first-order valence-corrected chi connectivity index (χ1v) is 19.1. The van der Waals surface area contributed by atoms with E-state index in [9.17, 15) is 9.59 Å². The van der Waals surface area contributed by atoms with E-state index in [2.05, 4.69) is 107 Å². The molecule has 0 radical (unpaired) electrons. The van der Waals surface area contributed by atoms with Gasteiger partial charge in [-0.2, -0.15) is 0 Å². The van der Waals surface area contributed by atoms with E-state index in [-0.39, 0.29) is 38.0 Å². The maximum atomic E-state index is 12.8. The highest BCUT2D eigenvalue weighted by molar-refractivity contribution is 6.25. The lowest BCUT2D eigenvalue weighted by Crippen LogP contribution is -2.24. The number of fused-ring (bicyclic) bond motifs is 5. The first-order valence-electron chi connectivity index (χ1n) is 19.1. The van der Waals surface area contributed by atoms with Gasteiger partial charge in [0.05, 0.1) is 36.0 Å². The number of rotatable bonds is 0. The molecule has 0 N–H and O–H groups in total. The Morgan fingerprint density at radius 1 is 0.393 bits per heavy atom. The van der Waals surface area contributed by atoms with Crippen LogP contribution >= 0.6 is 0 Å². The third-order valence-electron chi connectivity index (χ3n) is 10.3. The fourth-order valence-corrected chi connectivity index (χ4v) is 7.62. The van der Waals surface area contributed by atoms with Gasteiger partial charge in [-0.25, -0.2) is 0 Å². The Balaban J connectivity index is 1.12. The third-order valence-corrected chi connectivity index (χ3v) is 10.3. The molecule has 5 heterocycles. The molecule has 0 fully saturated rings. The van der Waals surface area contributed by atoms with E-state index in [0.717, 1.165) is 56.0 Å². The Morgan fingerprint density at radius 2 is 0.768 bits per heavy atom. The van der Waals surface area contributed by atoms with Crippen LogP contribution in [0, 0.1) is 0 Å². The van der Waals surface area contributed by atoms with E-state index in [1.165, 1.54) is 10.8 Å². The minimum absolute atomic E-state index is 0.175. The van der Waals surface area contributed by atoms with Crippen molar-refractivity contribution in [3.05, 3.63) is 157 Å². The number of nitrogens with zero attached hydrogens (tertiary/aromatic N) is 2. The molecule has 0 saturated heterocycles. The third kappa shape index (κ3) is 6.86. The molecule has 0 spiro atoms. The first kappa shape index (κ1) is 34.9. The second-order valence-electron chi connectivity index (χ2n) is 14.0. The zero-order valence-electron chi connectivity index (χ0n) is 30.9. The monoisotopic (exact) mass is 740 g/mol. The van der Waals surface area contributed by atoms with Crippen molar-refractivity contribution in [3.63, 3.8) is 0 Å². The zero-order chi connectivity index (χ0) is 37.8.